The molecule has 0 radical (unpaired) electrons. The van der Waals surface area contributed by atoms with Crippen LogP contribution in [-0.4, -0.2) is 22.7 Å². The molecule has 7 heteroatoms. The summed E-state index contributed by atoms with van der Waals surface area (Å²) in [6.07, 6.45) is 2.88. The summed E-state index contributed by atoms with van der Waals surface area (Å²) in [5.74, 6) is -0.271. The second-order valence-corrected chi connectivity index (χ2v) is 5.51. The SMILES string of the molecule is O=C(Nc1cccnc1)[C@H]1CC(c2ccc(Cl)c(Cl)c2)=NO1. The van der Waals surface area contributed by atoms with E-state index in [4.69, 9.17) is 28.0 Å². The molecule has 1 aliphatic heterocycles. The molecule has 2 heterocycles. The molecule has 22 heavy (non-hydrogen) atoms. The highest BCUT2D eigenvalue weighted by Crippen LogP contribution is 2.25. The van der Waals surface area contributed by atoms with Crippen LogP contribution in [0.2, 0.25) is 10.0 Å². The number of amides is 1. The van der Waals surface area contributed by atoms with Crippen molar-refractivity contribution in [2.45, 2.75) is 12.5 Å². The molecule has 3 rings (SSSR count). The molecule has 2 aromatic rings. The van der Waals surface area contributed by atoms with Crippen LogP contribution in [0, 0.1) is 0 Å². The molecular formula is C15H11Cl2N3O2. The second-order valence-electron chi connectivity index (χ2n) is 4.70. The van der Waals surface area contributed by atoms with E-state index in [1.54, 1.807) is 42.7 Å². The lowest BCUT2D eigenvalue weighted by Gasteiger charge is -2.08. The largest absolute Gasteiger partial charge is 0.382 e. The minimum absolute atomic E-state index is 0.271. The number of halogens is 2. The number of oxime groups is 1. The first-order valence-corrected chi connectivity index (χ1v) is 7.28. The molecule has 1 amide bonds. The highest BCUT2D eigenvalue weighted by atomic mass is 35.5. The van der Waals surface area contributed by atoms with E-state index in [2.05, 4.69) is 15.5 Å². The summed E-state index contributed by atoms with van der Waals surface area (Å²) in [5.41, 5.74) is 2.05. The number of rotatable bonds is 3. The van der Waals surface area contributed by atoms with Crippen molar-refractivity contribution in [2.24, 2.45) is 5.16 Å². The number of benzene rings is 1. The standard InChI is InChI=1S/C15H11Cl2N3O2/c16-11-4-3-9(6-12(11)17)13-7-14(22-20-13)15(21)19-10-2-1-5-18-8-10/h1-6,8,14H,7H2,(H,19,21)/t14-/m1/s1. The van der Waals surface area contributed by atoms with Crippen LogP contribution in [-0.2, 0) is 9.63 Å². The van der Waals surface area contributed by atoms with E-state index < -0.39 is 6.10 Å². The van der Waals surface area contributed by atoms with Gasteiger partial charge in [-0.25, -0.2) is 0 Å². The van der Waals surface area contributed by atoms with Gasteiger partial charge in [-0.15, -0.1) is 0 Å². The van der Waals surface area contributed by atoms with Crippen molar-refractivity contribution in [1.82, 2.24) is 4.98 Å². The van der Waals surface area contributed by atoms with Gasteiger partial charge in [0.2, 0.25) is 6.10 Å². The van der Waals surface area contributed by atoms with E-state index in [1.807, 2.05) is 0 Å². The van der Waals surface area contributed by atoms with Gasteiger partial charge < -0.3 is 10.2 Å². The first-order valence-electron chi connectivity index (χ1n) is 6.52. The molecule has 1 N–H and O–H groups in total. The van der Waals surface area contributed by atoms with E-state index in [1.165, 1.54) is 0 Å². The maximum absolute atomic E-state index is 12.1. The number of carbonyl (C=O) groups is 1. The number of anilines is 1. The fourth-order valence-corrected chi connectivity index (χ4v) is 2.32. The van der Waals surface area contributed by atoms with Gasteiger partial charge in [0.1, 0.15) is 0 Å². The molecule has 1 aromatic carbocycles. The maximum atomic E-state index is 12.1. The van der Waals surface area contributed by atoms with Gasteiger partial charge in [-0.2, -0.15) is 0 Å². The molecule has 5 nitrogen and oxygen atoms in total. The normalized spacial score (nSPS) is 16.8. The summed E-state index contributed by atoms with van der Waals surface area (Å²) >= 11 is 11.9. The quantitative estimate of drug-likeness (QED) is 0.933. The molecule has 0 spiro atoms. The van der Waals surface area contributed by atoms with Crippen molar-refractivity contribution in [3.8, 4) is 0 Å². The first-order chi connectivity index (χ1) is 10.6. The van der Waals surface area contributed by atoms with Crippen LogP contribution in [0.5, 0.6) is 0 Å². The average molecular weight is 336 g/mol. The number of nitrogens with zero attached hydrogens (tertiary/aromatic N) is 2. The van der Waals surface area contributed by atoms with E-state index in [0.717, 1.165) is 5.56 Å². The molecule has 0 fully saturated rings. The molecule has 1 atom stereocenters. The summed E-state index contributed by atoms with van der Waals surface area (Å²) in [6.45, 7) is 0. The van der Waals surface area contributed by atoms with Crippen LogP contribution in [0.25, 0.3) is 0 Å². The predicted molar refractivity (Wildman–Crippen MR) is 85.4 cm³/mol. The van der Waals surface area contributed by atoms with Gasteiger partial charge in [0.05, 0.1) is 27.6 Å². The third kappa shape index (κ3) is 3.21. The molecule has 0 saturated carbocycles. The van der Waals surface area contributed by atoms with Crippen LogP contribution in [0.15, 0.2) is 47.9 Å². The fraction of sp³-hybridized carbons (Fsp3) is 0.133. The Bertz CT molecular complexity index is 735. The Labute approximate surface area is 136 Å². The molecule has 1 aromatic heterocycles. The third-order valence-corrected chi connectivity index (χ3v) is 3.88. The van der Waals surface area contributed by atoms with Gasteiger partial charge in [0.15, 0.2) is 0 Å². The molecule has 112 valence electrons. The number of nitrogens with one attached hydrogen (secondary N) is 1. The molecule has 1 aliphatic rings. The Morgan fingerprint density at radius 2 is 2.14 bits per heavy atom. The fourth-order valence-electron chi connectivity index (χ4n) is 2.02. The third-order valence-electron chi connectivity index (χ3n) is 3.14. The van der Waals surface area contributed by atoms with Crippen LogP contribution >= 0.6 is 23.2 Å². The summed E-state index contributed by atoms with van der Waals surface area (Å²) < 4.78 is 0. The van der Waals surface area contributed by atoms with Gasteiger partial charge in [-0.1, -0.05) is 34.4 Å². The smallest absolute Gasteiger partial charge is 0.268 e. The summed E-state index contributed by atoms with van der Waals surface area (Å²) in [4.78, 5) is 21.3. The van der Waals surface area contributed by atoms with Gasteiger partial charge >= 0.3 is 0 Å². The van der Waals surface area contributed by atoms with Crippen LogP contribution in [0.4, 0.5) is 5.69 Å². The lowest BCUT2D eigenvalue weighted by atomic mass is 10.0. The highest BCUT2D eigenvalue weighted by Gasteiger charge is 2.29. The van der Waals surface area contributed by atoms with Gasteiger partial charge in [0.25, 0.3) is 5.91 Å². The Morgan fingerprint density at radius 1 is 1.27 bits per heavy atom. The minimum atomic E-state index is -0.676. The molecule has 0 unspecified atom stereocenters. The lowest BCUT2D eigenvalue weighted by molar-refractivity contribution is -0.125. The second kappa shape index (κ2) is 6.34. The predicted octanol–water partition coefficient (Wildman–Crippen LogP) is 3.52. The van der Waals surface area contributed by atoms with Crippen LogP contribution in [0.3, 0.4) is 0 Å². The molecule has 0 bridgehead atoms. The van der Waals surface area contributed by atoms with E-state index in [-0.39, 0.29) is 5.91 Å². The number of hydrogen-bond acceptors (Lipinski definition) is 4. The Balaban J connectivity index is 1.66. The minimum Gasteiger partial charge on any atom is -0.382 e. The lowest BCUT2D eigenvalue weighted by Crippen LogP contribution is -2.28. The van der Waals surface area contributed by atoms with Crippen molar-refractivity contribution < 1.29 is 9.63 Å². The van der Waals surface area contributed by atoms with Crippen molar-refractivity contribution in [3.63, 3.8) is 0 Å². The van der Waals surface area contributed by atoms with Crippen molar-refractivity contribution in [2.75, 3.05) is 5.32 Å². The van der Waals surface area contributed by atoms with Crippen molar-refractivity contribution >= 4 is 40.5 Å². The van der Waals surface area contributed by atoms with Crippen LogP contribution in [0.1, 0.15) is 12.0 Å². The van der Waals surface area contributed by atoms with E-state index in [0.29, 0.717) is 27.9 Å². The Hall–Kier alpha value is -2.11. The highest BCUT2D eigenvalue weighted by molar-refractivity contribution is 6.42. The average Bonchev–Trinajstić information content (AvgIpc) is 3.01. The van der Waals surface area contributed by atoms with E-state index >= 15 is 0 Å². The number of pyridine rings is 1. The topological polar surface area (TPSA) is 63.6 Å². The summed E-state index contributed by atoms with van der Waals surface area (Å²) in [5, 5.41) is 7.59. The molecule has 0 aliphatic carbocycles. The van der Waals surface area contributed by atoms with Crippen molar-refractivity contribution in [3.05, 3.63) is 58.3 Å². The monoisotopic (exact) mass is 335 g/mol. The number of aromatic nitrogens is 1. The maximum Gasteiger partial charge on any atom is 0.268 e. The summed E-state index contributed by atoms with van der Waals surface area (Å²) in [6, 6.07) is 8.67. The Kier molecular flexibility index (Phi) is 4.27. The zero-order chi connectivity index (χ0) is 15.5. The number of carbonyl (C=O) groups excluding carboxylic acids is 1. The Morgan fingerprint density at radius 3 is 2.86 bits per heavy atom. The number of hydrogen-bond donors (Lipinski definition) is 1. The van der Waals surface area contributed by atoms with Crippen LogP contribution < -0.4 is 5.32 Å². The molecule has 0 saturated heterocycles. The zero-order valence-corrected chi connectivity index (χ0v) is 12.8. The van der Waals surface area contributed by atoms with Gasteiger partial charge in [-0.05, 0) is 24.3 Å². The van der Waals surface area contributed by atoms with Gasteiger partial charge in [0, 0.05) is 18.2 Å². The van der Waals surface area contributed by atoms with Gasteiger partial charge in [-0.3, -0.25) is 9.78 Å². The molecular weight excluding hydrogens is 325 g/mol. The first kappa shape index (κ1) is 14.8. The van der Waals surface area contributed by atoms with Crippen molar-refractivity contribution in [1.29, 1.82) is 0 Å². The zero-order valence-electron chi connectivity index (χ0n) is 11.3. The summed E-state index contributed by atoms with van der Waals surface area (Å²) in [7, 11) is 0. The van der Waals surface area contributed by atoms with E-state index in [9.17, 15) is 4.79 Å².